The number of amides is 1. The van der Waals surface area contributed by atoms with Gasteiger partial charge in [-0.25, -0.2) is 0 Å². The largest absolute Gasteiger partial charge is 0.538 e. The van der Waals surface area contributed by atoms with Gasteiger partial charge in [0, 0.05) is 17.1 Å². The lowest BCUT2D eigenvalue weighted by Gasteiger charge is -2.13. The molecule has 2 aromatic carbocycles. The lowest BCUT2D eigenvalue weighted by molar-refractivity contribution is -0.705. The minimum atomic E-state index is -0.657. The number of non-ortho nitro benzene ring substituents is 1. The van der Waals surface area contributed by atoms with Gasteiger partial charge in [0.05, 0.1) is 10.5 Å². The summed E-state index contributed by atoms with van der Waals surface area (Å²) in [5, 5.41) is 28.4. The van der Waals surface area contributed by atoms with Gasteiger partial charge in [-0.3, -0.25) is 14.9 Å². The summed E-state index contributed by atoms with van der Waals surface area (Å²) >= 11 is 0.994. The third-order valence-corrected chi connectivity index (χ3v) is 4.63. The number of carbonyl (C=O) groups excluding carboxylic acids is 1. The monoisotopic (exact) mass is 385 g/mol. The van der Waals surface area contributed by atoms with Gasteiger partial charge in [-0.15, -0.1) is 6.07 Å². The molecule has 1 heterocycles. The average Bonchev–Trinajstić information content (AvgIpc) is 3.03. The number of nitro groups is 1. The van der Waals surface area contributed by atoms with E-state index in [1.165, 1.54) is 22.9 Å². The predicted molar refractivity (Wildman–Crippen MR) is 93.4 cm³/mol. The van der Waals surface area contributed by atoms with E-state index in [4.69, 9.17) is 4.52 Å². The number of rotatable bonds is 6. The van der Waals surface area contributed by atoms with Crippen LogP contribution in [-0.4, -0.2) is 21.4 Å². The van der Waals surface area contributed by atoms with Crippen molar-refractivity contribution in [2.24, 2.45) is 0 Å². The molecule has 9 nitrogen and oxygen atoms in total. The van der Waals surface area contributed by atoms with Crippen LogP contribution in [-0.2, 0) is 4.79 Å². The topological polar surface area (TPSA) is 125 Å². The van der Waals surface area contributed by atoms with Crippen LogP contribution >= 0.6 is 11.8 Å². The molecule has 0 radical (unpaired) electrons. The maximum atomic E-state index is 12.4. The molecule has 0 aliphatic carbocycles. The van der Waals surface area contributed by atoms with Crippen LogP contribution in [0, 0.1) is 16.2 Å². The highest BCUT2D eigenvalue weighted by Gasteiger charge is 2.26. The molecule has 0 bridgehead atoms. The number of para-hydroxylation sites is 1. The molecule has 0 spiro atoms. The molecule has 0 saturated carbocycles. The second kappa shape index (κ2) is 7.87. The number of aromatic nitrogens is 2. The molecule has 1 aromatic heterocycles. The van der Waals surface area contributed by atoms with Crippen molar-refractivity contribution in [1.82, 2.24) is 5.27 Å². The fourth-order valence-electron chi connectivity index (χ4n) is 2.14. The molecule has 3 rings (SSSR count). The zero-order valence-electron chi connectivity index (χ0n) is 14.0. The highest BCUT2D eigenvalue weighted by atomic mass is 32.2. The normalized spacial score (nSPS) is 11.7. The first-order chi connectivity index (χ1) is 13.0. The van der Waals surface area contributed by atoms with Gasteiger partial charge < -0.3 is 14.9 Å². The van der Waals surface area contributed by atoms with Crippen LogP contribution in [0.4, 0.5) is 11.4 Å². The van der Waals surface area contributed by atoms with Crippen molar-refractivity contribution in [1.29, 1.82) is 0 Å². The van der Waals surface area contributed by atoms with Crippen LogP contribution in [0.25, 0.3) is 5.69 Å². The summed E-state index contributed by atoms with van der Waals surface area (Å²) in [5.41, 5.74) is 0.795. The number of hydrogen-bond acceptors (Lipinski definition) is 7. The minimum Gasteiger partial charge on any atom is -0.538 e. The predicted octanol–water partition coefficient (Wildman–Crippen LogP) is 1.85. The van der Waals surface area contributed by atoms with Crippen LogP contribution in [0.1, 0.15) is 6.92 Å². The Kier molecular flexibility index (Phi) is 5.36. The quantitative estimate of drug-likeness (QED) is 0.226. The Hall–Kier alpha value is -3.40. The van der Waals surface area contributed by atoms with Crippen LogP contribution in [0.5, 0.6) is 5.95 Å². The van der Waals surface area contributed by atoms with E-state index < -0.39 is 22.0 Å². The van der Waals surface area contributed by atoms with Crippen molar-refractivity contribution in [2.45, 2.75) is 17.2 Å². The van der Waals surface area contributed by atoms with Crippen molar-refractivity contribution < 1.29 is 24.0 Å². The molecule has 27 heavy (non-hydrogen) atoms. The maximum absolute atomic E-state index is 12.4. The molecule has 0 fully saturated rings. The van der Waals surface area contributed by atoms with Gasteiger partial charge in [-0.2, -0.15) is 6.07 Å². The molecule has 0 aliphatic heterocycles. The SMILES string of the molecule is CC(Sc1c([O-])on[n+]1-c1ccccc1)C(=O)Nc1[c-]cc([N+](=O)[O-])cc1. The van der Waals surface area contributed by atoms with Gasteiger partial charge in [0.15, 0.2) is 11.6 Å². The Morgan fingerprint density at radius 3 is 2.70 bits per heavy atom. The average molecular weight is 385 g/mol. The molecule has 0 aliphatic rings. The van der Waals surface area contributed by atoms with E-state index in [1.807, 2.05) is 6.07 Å². The molecule has 138 valence electrons. The van der Waals surface area contributed by atoms with Gasteiger partial charge in [0.25, 0.3) is 5.03 Å². The number of carbonyl (C=O) groups is 1. The van der Waals surface area contributed by atoms with E-state index in [0.29, 0.717) is 11.4 Å². The number of hydrogen-bond donors (Lipinski definition) is 1. The summed E-state index contributed by atoms with van der Waals surface area (Å²) in [6.07, 6.45) is 0. The van der Waals surface area contributed by atoms with Crippen molar-refractivity contribution in [3.05, 3.63) is 64.7 Å². The van der Waals surface area contributed by atoms with Gasteiger partial charge in [-0.1, -0.05) is 36.0 Å². The summed E-state index contributed by atoms with van der Waals surface area (Å²) in [6, 6.07) is 15.4. The van der Waals surface area contributed by atoms with Gasteiger partial charge in [0.1, 0.15) is 0 Å². The minimum absolute atomic E-state index is 0.125. The maximum Gasteiger partial charge on any atom is 0.298 e. The van der Waals surface area contributed by atoms with E-state index >= 15 is 0 Å². The third-order valence-electron chi connectivity index (χ3n) is 3.50. The summed E-state index contributed by atoms with van der Waals surface area (Å²) in [5.74, 6) is -1.05. The fourth-order valence-corrected chi connectivity index (χ4v) is 3.01. The van der Waals surface area contributed by atoms with Gasteiger partial charge in [-0.05, 0) is 23.4 Å². The third kappa shape index (κ3) is 4.23. The molecule has 0 saturated heterocycles. The van der Waals surface area contributed by atoms with Crippen LogP contribution in [0.2, 0.25) is 0 Å². The Morgan fingerprint density at radius 1 is 1.33 bits per heavy atom. The van der Waals surface area contributed by atoms with Crippen LogP contribution < -0.4 is 15.1 Å². The summed E-state index contributed by atoms with van der Waals surface area (Å²) in [7, 11) is 0. The Bertz CT molecular complexity index is 959. The molecule has 1 N–H and O–H groups in total. The van der Waals surface area contributed by atoms with Crippen LogP contribution in [0.15, 0.2) is 58.1 Å². The Morgan fingerprint density at radius 2 is 2.07 bits per heavy atom. The van der Waals surface area contributed by atoms with E-state index in [-0.39, 0.29) is 10.7 Å². The summed E-state index contributed by atoms with van der Waals surface area (Å²) < 4.78 is 6.05. The summed E-state index contributed by atoms with van der Waals surface area (Å²) in [4.78, 5) is 22.5. The molecule has 1 unspecified atom stereocenters. The smallest absolute Gasteiger partial charge is 0.298 e. The molecular weight excluding hydrogens is 372 g/mol. The molecule has 10 heteroatoms. The van der Waals surface area contributed by atoms with Crippen molar-refractivity contribution >= 4 is 29.0 Å². The Balaban J connectivity index is 1.72. The lowest BCUT2D eigenvalue weighted by atomic mass is 10.3. The second-order valence-electron chi connectivity index (χ2n) is 5.38. The number of nitro benzene ring substituents is 1. The standard InChI is InChI=1S/C17H14N4O5S/c1-11(15(22)18-12-7-9-14(10-8-12)21(24)25)27-16-17(23)26-19-20(16)13-5-3-2-4-6-13/h2-7,9-11,23H,1H3,(H,18,22)/p-1. The van der Waals surface area contributed by atoms with Crippen molar-refractivity contribution in [3.8, 4) is 11.6 Å². The van der Waals surface area contributed by atoms with E-state index in [0.717, 1.165) is 11.8 Å². The number of benzene rings is 2. The number of anilines is 1. The first-order valence-corrected chi connectivity index (χ1v) is 8.62. The number of thioether (sulfide) groups is 1. The molecular formula is C17H13N4O5S-. The van der Waals surface area contributed by atoms with Gasteiger partial charge in [0.2, 0.25) is 11.6 Å². The molecule has 3 aromatic rings. The number of nitrogens with one attached hydrogen (secondary N) is 1. The second-order valence-corrected chi connectivity index (χ2v) is 6.71. The zero-order chi connectivity index (χ0) is 19.4. The van der Waals surface area contributed by atoms with E-state index in [1.54, 1.807) is 31.2 Å². The number of nitrogens with zero attached hydrogens (tertiary/aromatic N) is 3. The molecule has 1 amide bonds. The zero-order valence-corrected chi connectivity index (χ0v) is 14.8. The first kappa shape index (κ1) is 18.4. The highest BCUT2D eigenvalue weighted by Crippen LogP contribution is 2.28. The van der Waals surface area contributed by atoms with Gasteiger partial charge >= 0.3 is 0 Å². The van der Waals surface area contributed by atoms with Crippen molar-refractivity contribution in [2.75, 3.05) is 5.32 Å². The first-order valence-electron chi connectivity index (χ1n) is 7.74. The fraction of sp³-hybridized carbons (Fsp3) is 0.118. The van der Waals surface area contributed by atoms with E-state index in [9.17, 15) is 20.0 Å². The van der Waals surface area contributed by atoms with E-state index in [2.05, 4.69) is 16.7 Å². The lowest BCUT2D eigenvalue weighted by Crippen LogP contribution is -2.36. The Labute approximate surface area is 157 Å². The summed E-state index contributed by atoms with van der Waals surface area (Å²) in [6.45, 7) is 1.62. The van der Waals surface area contributed by atoms with Crippen LogP contribution in [0.3, 0.4) is 0 Å². The highest BCUT2D eigenvalue weighted by molar-refractivity contribution is 8.00. The van der Waals surface area contributed by atoms with Crippen molar-refractivity contribution in [3.63, 3.8) is 0 Å². The molecule has 1 atom stereocenters.